The predicted octanol–water partition coefficient (Wildman–Crippen LogP) is 2.33. The lowest BCUT2D eigenvalue weighted by atomic mass is 10.1. The molecule has 18 heavy (non-hydrogen) atoms. The number of benzene rings is 1. The van der Waals surface area contributed by atoms with Gasteiger partial charge in [0.25, 0.3) is 0 Å². The van der Waals surface area contributed by atoms with Gasteiger partial charge in [-0.3, -0.25) is 0 Å². The third kappa shape index (κ3) is 3.37. The number of halogens is 1. The molecule has 0 aliphatic carbocycles. The molecule has 0 bridgehead atoms. The second-order valence-electron chi connectivity index (χ2n) is 4.44. The third-order valence-corrected chi connectivity index (χ3v) is 4.39. The Hall–Kier alpha value is -0.780. The van der Waals surface area contributed by atoms with E-state index in [9.17, 15) is 8.42 Å². The summed E-state index contributed by atoms with van der Waals surface area (Å²) < 4.78 is 28.3. The van der Waals surface area contributed by atoms with Crippen LogP contribution in [0.5, 0.6) is 0 Å². The standard InChI is InChI=1S/C12H16ClNO3S/c1-18(15,16)10-2-3-11(13)12(8-10)14-9-4-6-17-7-5-9/h2-3,8-9,14H,4-7H2,1H3. The minimum atomic E-state index is -3.21. The molecule has 0 saturated carbocycles. The van der Waals surface area contributed by atoms with E-state index in [4.69, 9.17) is 16.3 Å². The molecule has 1 saturated heterocycles. The first kappa shape index (κ1) is 13.6. The van der Waals surface area contributed by atoms with E-state index in [1.807, 2.05) is 0 Å². The highest BCUT2D eigenvalue weighted by Gasteiger charge is 2.16. The zero-order valence-electron chi connectivity index (χ0n) is 10.1. The molecule has 100 valence electrons. The number of ether oxygens (including phenoxy) is 1. The van der Waals surface area contributed by atoms with Crippen molar-refractivity contribution in [3.63, 3.8) is 0 Å². The topological polar surface area (TPSA) is 55.4 Å². The molecular weight excluding hydrogens is 274 g/mol. The van der Waals surface area contributed by atoms with E-state index < -0.39 is 9.84 Å². The molecule has 2 rings (SSSR count). The molecule has 1 N–H and O–H groups in total. The van der Waals surface area contributed by atoms with Crippen LogP contribution in [0.1, 0.15) is 12.8 Å². The molecule has 1 fully saturated rings. The Labute approximate surface area is 112 Å². The summed E-state index contributed by atoms with van der Waals surface area (Å²) in [5, 5.41) is 3.82. The van der Waals surface area contributed by atoms with Gasteiger partial charge >= 0.3 is 0 Å². The lowest BCUT2D eigenvalue weighted by Gasteiger charge is -2.24. The first-order valence-corrected chi connectivity index (χ1v) is 8.07. The van der Waals surface area contributed by atoms with Crippen molar-refractivity contribution in [2.24, 2.45) is 0 Å². The van der Waals surface area contributed by atoms with E-state index in [-0.39, 0.29) is 10.9 Å². The van der Waals surface area contributed by atoms with Crippen LogP contribution < -0.4 is 5.32 Å². The Morgan fingerprint density at radius 2 is 2.00 bits per heavy atom. The molecule has 0 amide bonds. The van der Waals surface area contributed by atoms with Crippen molar-refractivity contribution in [1.82, 2.24) is 0 Å². The van der Waals surface area contributed by atoms with Gasteiger partial charge in [0.05, 0.1) is 15.6 Å². The molecule has 1 aromatic carbocycles. The number of rotatable bonds is 3. The van der Waals surface area contributed by atoms with Crippen molar-refractivity contribution in [1.29, 1.82) is 0 Å². The maximum absolute atomic E-state index is 11.5. The molecule has 4 nitrogen and oxygen atoms in total. The second kappa shape index (κ2) is 5.47. The summed E-state index contributed by atoms with van der Waals surface area (Å²) in [5.41, 5.74) is 0.673. The van der Waals surface area contributed by atoms with Crippen LogP contribution in [0.25, 0.3) is 0 Å². The maximum Gasteiger partial charge on any atom is 0.175 e. The molecule has 1 aliphatic heterocycles. The van der Waals surface area contributed by atoms with Crippen LogP contribution in [-0.2, 0) is 14.6 Å². The summed E-state index contributed by atoms with van der Waals surface area (Å²) in [6.07, 6.45) is 2.99. The molecule has 0 aromatic heterocycles. The minimum Gasteiger partial charge on any atom is -0.381 e. The van der Waals surface area contributed by atoms with Gasteiger partial charge in [0, 0.05) is 25.5 Å². The van der Waals surface area contributed by atoms with Gasteiger partial charge in [-0.05, 0) is 31.0 Å². The summed E-state index contributed by atoms with van der Waals surface area (Å²) in [5.74, 6) is 0. The highest BCUT2D eigenvalue weighted by molar-refractivity contribution is 7.90. The van der Waals surface area contributed by atoms with Crippen molar-refractivity contribution >= 4 is 27.1 Å². The Kier molecular flexibility index (Phi) is 4.14. The maximum atomic E-state index is 11.5. The highest BCUT2D eigenvalue weighted by Crippen LogP contribution is 2.27. The van der Waals surface area contributed by atoms with Crippen molar-refractivity contribution in [3.8, 4) is 0 Å². The number of hydrogen-bond donors (Lipinski definition) is 1. The molecule has 0 unspecified atom stereocenters. The number of nitrogens with one attached hydrogen (secondary N) is 1. The molecule has 0 radical (unpaired) electrons. The fourth-order valence-electron chi connectivity index (χ4n) is 1.91. The van der Waals surface area contributed by atoms with Crippen LogP contribution in [0.3, 0.4) is 0 Å². The molecule has 0 spiro atoms. The molecule has 1 aromatic rings. The van der Waals surface area contributed by atoms with Gasteiger partial charge in [-0.25, -0.2) is 8.42 Å². The van der Waals surface area contributed by atoms with Crippen molar-refractivity contribution in [3.05, 3.63) is 23.2 Å². The third-order valence-electron chi connectivity index (χ3n) is 2.95. The normalized spacial score (nSPS) is 17.7. The zero-order valence-corrected chi connectivity index (χ0v) is 11.7. The SMILES string of the molecule is CS(=O)(=O)c1ccc(Cl)c(NC2CCOCC2)c1. The van der Waals surface area contributed by atoms with Gasteiger partial charge in [0.1, 0.15) is 0 Å². The van der Waals surface area contributed by atoms with Crippen LogP contribution in [-0.4, -0.2) is 33.9 Å². The van der Waals surface area contributed by atoms with E-state index >= 15 is 0 Å². The summed E-state index contributed by atoms with van der Waals surface area (Å²) in [7, 11) is -3.21. The average molecular weight is 290 g/mol. The van der Waals surface area contributed by atoms with E-state index in [0.717, 1.165) is 26.1 Å². The van der Waals surface area contributed by atoms with E-state index in [2.05, 4.69) is 5.32 Å². The molecule has 1 heterocycles. The largest absolute Gasteiger partial charge is 0.381 e. The van der Waals surface area contributed by atoms with Gasteiger partial charge in [-0.1, -0.05) is 11.6 Å². The molecule has 6 heteroatoms. The molecule has 0 atom stereocenters. The van der Waals surface area contributed by atoms with Crippen molar-refractivity contribution in [2.45, 2.75) is 23.8 Å². The van der Waals surface area contributed by atoms with Gasteiger partial charge in [0.2, 0.25) is 0 Å². The van der Waals surface area contributed by atoms with Crippen LogP contribution in [0.15, 0.2) is 23.1 Å². The van der Waals surface area contributed by atoms with Crippen molar-refractivity contribution in [2.75, 3.05) is 24.8 Å². The number of anilines is 1. The highest BCUT2D eigenvalue weighted by atomic mass is 35.5. The summed E-state index contributed by atoms with van der Waals surface area (Å²) in [4.78, 5) is 0.279. The van der Waals surface area contributed by atoms with Gasteiger partial charge in [-0.2, -0.15) is 0 Å². The zero-order chi connectivity index (χ0) is 13.2. The van der Waals surface area contributed by atoms with Crippen LogP contribution in [0.2, 0.25) is 5.02 Å². The fourth-order valence-corrected chi connectivity index (χ4v) is 2.73. The molecular formula is C12H16ClNO3S. The van der Waals surface area contributed by atoms with Gasteiger partial charge in [-0.15, -0.1) is 0 Å². The Bertz CT molecular complexity index is 524. The van der Waals surface area contributed by atoms with E-state index in [1.165, 1.54) is 12.3 Å². The smallest absolute Gasteiger partial charge is 0.175 e. The predicted molar refractivity (Wildman–Crippen MR) is 72.0 cm³/mol. The van der Waals surface area contributed by atoms with E-state index in [1.54, 1.807) is 12.1 Å². The molecule has 1 aliphatic rings. The first-order chi connectivity index (χ1) is 8.47. The van der Waals surface area contributed by atoms with Crippen LogP contribution in [0, 0.1) is 0 Å². The lowest BCUT2D eigenvalue weighted by Crippen LogP contribution is -2.28. The lowest BCUT2D eigenvalue weighted by molar-refractivity contribution is 0.0904. The quantitative estimate of drug-likeness (QED) is 0.928. The van der Waals surface area contributed by atoms with Crippen molar-refractivity contribution < 1.29 is 13.2 Å². The fraction of sp³-hybridized carbons (Fsp3) is 0.500. The summed E-state index contributed by atoms with van der Waals surface area (Å²) in [6, 6.07) is 5.01. The first-order valence-electron chi connectivity index (χ1n) is 5.81. The average Bonchev–Trinajstić information content (AvgIpc) is 2.32. The second-order valence-corrected chi connectivity index (χ2v) is 6.87. The Morgan fingerprint density at radius 1 is 1.33 bits per heavy atom. The minimum absolute atomic E-state index is 0.279. The van der Waals surface area contributed by atoms with Gasteiger partial charge in [0.15, 0.2) is 9.84 Å². The summed E-state index contributed by atoms with van der Waals surface area (Å²) in [6.45, 7) is 1.45. The van der Waals surface area contributed by atoms with Gasteiger partial charge < -0.3 is 10.1 Å². The number of hydrogen-bond acceptors (Lipinski definition) is 4. The van der Waals surface area contributed by atoms with Crippen LogP contribution >= 0.6 is 11.6 Å². The number of sulfone groups is 1. The Morgan fingerprint density at radius 3 is 2.61 bits per heavy atom. The summed E-state index contributed by atoms with van der Waals surface area (Å²) >= 11 is 6.08. The monoisotopic (exact) mass is 289 g/mol. The van der Waals surface area contributed by atoms with Crippen LogP contribution in [0.4, 0.5) is 5.69 Å². The van der Waals surface area contributed by atoms with E-state index in [0.29, 0.717) is 10.7 Å². The Balaban J connectivity index is 2.21.